The van der Waals surface area contributed by atoms with E-state index in [0.717, 1.165) is 5.56 Å². The van der Waals surface area contributed by atoms with Crippen LogP contribution in [0.15, 0.2) is 78.4 Å². The third-order valence-corrected chi connectivity index (χ3v) is 4.24. The van der Waals surface area contributed by atoms with E-state index in [-0.39, 0.29) is 18.0 Å². The van der Waals surface area contributed by atoms with Gasteiger partial charge in [-0.15, -0.1) is 0 Å². The zero-order valence-corrected chi connectivity index (χ0v) is 16.3. The number of hydrogen-bond acceptors (Lipinski definition) is 4. The van der Waals surface area contributed by atoms with Crippen LogP contribution in [0.4, 0.5) is 10.1 Å². The number of amides is 1. The number of nitrogens with one attached hydrogen (secondary N) is 1. The van der Waals surface area contributed by atoms with Gasteiger partial charge < -0.3 is 14.8 Å². The van der Waals surface area contributed by atoms with Gasteiger partial charge in [0, 0.05) is 11.3 Å². The molecular formula is C24H19FN2O3. The predicted octanol–water partition coefficient (Wildman–Crippen LogP) is 4.96. The summed E-state index contributed by atoms with van der Waals surface area (Å²) in [6.07, 6.45) is 1.47. The number of ether oxygens (including phenoxy) is 2. The van der Waals surface area contributed by atoms with Gasteiger partial charge in [0.2, 0.25) is 0 Å². The Kier molecular flexibility index (Phi) is 6.80. The van der Waals surface area contributed by atoms with Gasteiger partial charge in [-0.1, -0.05) is 30.3 Å². The van der Waals surface area contributed by atoms with E-state index in [2.05, 4.69) is 5.32 Å². The lowest BCUT2D eigenvalue weighted by atomic mass is 10.1. The van der Waals surface area contributed by atoms with Crippen LogP contribution in [0.5, 0.6) is 11.5 Å². The Morgan fingerprint density at radius 1 is 1.07 bits per heavy atom. The number of hydrogen-bond donors (Lipinski definition) is 1. The summed E-state index contributed by atoms with van der Waals surface area (Å²) in [5, 5.41) is 12.2. The largest absolute Gasteiger partial charge is 0.497 e. The number of halogens is 1. The first-order chi connectivity index (χ1) is 14.6. The molecule has 0 aliphatic heterocycles. The van der Waals surface area contributed by atoms with Crippen molar-refractivity contribution in [1.82, 2.24) is 0 Å². The van der Waals surface area contributed by atoms with Gasteiger partial charge in [0.05, 0.1) is 7.11 Å². The molecular weight excluding hydrogens is 383 g/mol. The van der Waals surface area contributed by atoms with Gasteiger partial charge in [-0.3, -0.25) is 4.79 Å². The van der Waals surface area contributed by atoms with Gasteiger partial charge in [0.25, 0.3) is 5.91 Å². The summed E-state index contributed by atoms with van der Waals surface area (Å²) in [6, 6.07) is 21.8. The predicted molar refractivity (Wildman–Crippen MR) is 112 cm³/mol. The fourth-order valence-corrected chi connectivity index (χ4v) is 2.65. The van der Waals surface area contributed by atoms with Gasteiger partial charge in [-0.05, 0) is 54.1 Å². The maximum Gasteiger partial charge on any atom is 0.266 e. The smallest absolute Gasteiger partial charge is 0.266 e. The molecule has 3 aromatic carbocycles. The second-order valence-electron chi connectivity index (χ2n) is 6.31. The van der Waals surface area contributed by atoms with E-state index in [0.29, 0.717) is 22.7 Å². The fourth-order valence-electron chi connectivity index (χ4n) is 2.65. The number of carbonyl (C=O) groups is 1. The van der Waals surface area contributed by atoms with Crippen molar-refractivity contribution >= 4 is 17.7 Å². The Morgan fingerprint density at radius 2 is 1.77 bits per heavy atom. The van der Waals surface area contributed by atoms with Crippen LogP contribution in [0, 0.1) is 17.1 Å². The van der Waals surface area contributed by atoms with Crippen LogP contribution in [0.1, 0.15) is 11.1 Å². The normalized spacial score (nSPS) is 10.8. The zero-order chi connectivity index (χ0) is 21.3. The highest BCUT2D eigenvalue weighted by Crippen LogP contribution is 2.23. The molecule has 5 nitrogen and oxygen atoms in total. The number of para-hydroxylation sites is 1. The van der Waals surface area contributed by atoms with E-state index in [1.165, 1.54) is 18.2 Å². The molecule has 0 saturated carbocycles. The van der Waals surface area contributed by atoms with Crippen LogP contribution in [0.3, 0.4) is 0 Å². The lowest BCUT2D eigenvalue weighted by molar-refractivity contribution is -0.112. The Bertz CT molecular complexity index is 1080. The lowest BCUT2D eigenvalue weighted by Gasteiger charge is -2.10. The Balaban J connectivity index is 1.75. The standard InChI is InChI=1S/C24H19FN2O3/c1-29-22-12-10-21(11-13-22)27-24(28)19(15-26)14-18-4-2-3-5-23(18)30-16-17-6-8-20(25)9-7-17/h2-14H,16H2,1H3,(H,27,28)/b19-14+. The van der Waals surface area contributed by atoms with Crippen molar-refractivity contribution in [2.45, 2.75) is 6.61 Å². The minimum atomic E-state index is -0.531. The molecule has 0 saturated heterocycles. The number of nitrogens with zero attached hydrogens (tertiary/aromatic N) is 1. The van der Waals surface area contributed by atoms with Crippen molar-refractivity contribution in [1.29, 1.82) is 5.26 Å². The SMILES string of the molecule is COc1ccc(NC(=O)/C(C#N)=C/c2ccccc2OCc2ccc(F)cc2)cc1. The number of carbonyl (C=O) groups excluding carboxylic acids is 1. The molecule has 0 fully saturated rings. The average Bonchev–Trinajstić information content (AvgIpc) is 2.78. The summed E-state index contributed by atoms with van der Waals surface area (Å²) in [7, 11) is 1.56. The monoisotopic (exact) mass is 402 g/mol. The Labute approximate surface area is 174 Å². The van der Waals surface area contributed by atoms with Crippen LogP contribution in [0.25, 0.3) is 6.08 Å². The first kappa shape index (κ1) is 20.6. The van der Waals surface area contributed by atoms with Crippen molar-refractivity contribution < 1.29 is 18.7 Å². The molecule has 0 aliphatic carbocycles. The molecule has 0 heterocycles. The summed E-state index contributed by atoms with van der Waals surface area (Å²) in [4.78, 5) is 12.5. The molecule has 1 amide bonds. The molecule has 0 radical (unpaired) electrons. The third-order valence-electron chi connectivity index (χ3n) is 4.24. The summed E-state index contributed by atoms with van der Waals surface area (Å²) in [5.74, 6) is 0.322. The summed E-state index contributed by atoms with van der Waals surface area (Å²) < 4.78 is 23.9. The average molecular weight is 402 g/mol. The highest BCUT2D eigenvalue weighted by Gasteiger charge is 2.11. The summed E-state index contributed by atoms with van der Waals surface area (Å²) in [6.45, 7) is 0.227. The molecule has 0 bridgehead atoms. The topological polar surface area (TPSA) is 71.3 Å². The van der Waals surface area contributed by atoms with Crippen LogP contribution in [-0.4, -0.2) is 13.0 Å². The van der Waals surface area contributed by atoms with Crippen molar-refractivity contribution in [3.05, 3.63) is 95.3 Å². The van der Waals surface area contributed by atoms with E-state index >= 15 is 0 Å². The maximum atomic E-state index is 13.0. The summed E-state index contributed by atoms with van der Waals surface area (Å²) >= 11 is 0. The molecule has 0 aliphatic rings. The van der Waals surface area contributed by atoms with E-state index < -0.39 is 5.91 Å². The van der Waals surface area contributed by atoms with E-state index in [9.17, 15) is 14.4 Å². The van der Waals surface area contributed by atoms with Crippen molar-refractivity contribution in [3.8, 4) is 17.6 Å². The number of anilines is 1. The number of nitriles is 1. The van der Waals surface area contributed by atoms with Gasteiger partial charge in [-0.2, -0.15) is 5.26 Å². The Hall–Kier alpha value is -4.11. The van der Waals surface area contributed by atoms with Crippen LogP contribution in [0.2, 0.25) is 0 Å². The van der Waals surface area contributed by atoms with Gasteiger partial charge in [0.1, 0.15) is 35.6 Å². The highest BCUT2D eigenvalue weighted by molar-refractivity contribution is 6.09. The lowest BCUT2D eigenvalue weighted by Crippen LogP contribution is -2.13. The van der Waals surface area contributed by atoms with Crippen LogP contribution in [-0.2, 0) is 11.4 Å². The van der Waals surface area contributed by atoms with E-state index in [1.54, 1.807) is 67.8 Å². The summed E-state index contributed by atoms with van der Waals surface area (Å²) in [5.41, 5.74) is 1.86. The molecule has 0 spiro atoms. The molecule has 0 atom stereocenters. The highest BCUT2D eigenvalue weighted by atomic mass is 19.1. The molecule has 3 aromatic rings. The van der Waals surface area contributed by atoms with Gasteiger partial charge in [0.15, 0.2) is 0 Å². The number of rotatable bonds is 7. The van der Waals surface area contributed by atoms with Crippen molar-refractivity contribution in [2.24, 2.45) is 0 Å². The van der Waals surface area contributed by atoms with E-state index in [1.807, 2.05) is 6.07 Å². The number of methoxy groups -OCH3 is 1. The molecule has 0 aromatic heterocycles. The second-order valence-corrected chi connectivity index (χ2v) is 6.31. The Morgan fingerprint density at radius 3 is 2.43 bits per heavy atom. The van der Waals surface area contributed by atoms with Crippen molar-refractivity contribution in [3.63, 3.8) is 0 Å². The van der Waals surface area contributed by atoms with Gasteiger partial charge in [-0.25, -0.2) is 4.39 Å². The maximum absolute atomic E-state index is 13.0. The minimum Gasteiger partial charge on any atom is -0.497 e. The third kappa shape index (κ3) is 5.46. The minimum absolute atomic E-state index is 0.0661. The molecule has 6 heteroatoms. The quantitative estimate of drug-likeness (QED) is 0.448. The molecule has 150 valence electrons. The fraction of sp³-hybridized carbons (Fsp3) is 0.0833. The molecule has 0 unspecified atom stereocenters. The van der Waals surface area contributed by atoms with Crippen LogP contribution >= 0.6 is 0 Å². The van der Waals surface area contributed by atoms with Crippen LogP contribution < -0.4 is 14.8 Å². The van der Waals surface area contributed by atoms with Crippen molar-refractivity contribution in [2.75, 3.05) is 12.4 Å². The number of benzene rings is 3. The second kappa shape index (κ2) is 9.89. The molecule has 1 N–H and O–H groups in total. The van der Waals surface area contributed by atoms with Gasteiger partial charge >= 0.3 is 0 Å². The first-order valence-electron chi connectivity index (χ1n) is 9.12. The van der Waals surface area contributed by atoms with E-state index in [4.69, 9.17) is 9.47 Å². The molecule has 30 heavy (non-hydrogen) atoms. The molecule has 3 rings (SSSR count). The zero-order valence-electron chi connectivity index (χ0n) is 16.3. The first-order valence-corrected chi connectivity index (χ1v) is 9.12.